The molecule has 0 bridgehead atoms. The molecule has 0 aromatic rings. The average molecular weight is 313 g/mol. The maximum absolute atomic E-state index is 12.1. The highest BCUT2D eigenvalue weighted by Crippen LogP contribution is 2.15. The van der Waals surface area contributed by atoms with Crippen LogP contribution in [0, 0.1) is 0 Å². The molecule has 0 aliphatic carbocycles. The van der Waals surface area contributed by atoms with Crippen LogP contribution in [0.15, 0.2) is 0 Å². The third kappa shape index (κ3) is 8.22. The number of primary amides is 1. The molecule has 1 aliphatic rings. The van der Waals surface area contributed by atoms with E-state index >= 15 is 0 Å². The van der Waals surface area contributed by atoms with E-state index in [1.54, 1.807) is 4.90 Å². The topological polar surface area (TPSA) is 84.7 Å². The molecular weight excluding hydrogens is 282 g/mol. The molecule has 0 radical (unpaired) electrons. The molecule has 1 saturated heterocycles. The number of carbonyl (C=O) groups is 2. The molecule has 3 N–H and O–H groups in total. The first-order valence-corrected chi connectivity index (χ1v) is 8.27. The van der Waals surface area contributed by atoms with Crippen LogP contribution in [0.25, 0.3) is 0 Å². The van der Waals surface area contributed by atoms with Gasteiger partial charge in [0.25, 0.3) is 0 Å². The Labute approximate surface area is 133 Å². The highest BCUT2D eigenvalue weighted by Gasteiger charge is 2.24. The van der Waals surface area contributed by atoms with Crippen LogP contribution >= 0.6 is 0 Å². The lowest BCUT2D eigenvalue weighted by Crippen LogP contribution is -2.38. The number of likely N-dealkylation sites (tertiary alicyclic amines) is 1. The monoisotopic (exact) mass is 313 g/mol. The summed E-state index contributed by atoms with van der Waals surface area (Å²) in [4.78, 5) is 24.5. The van der Waals surface area contributed by atoms with Crippen molar-refractivity contribution in [2.45, 2.75) is 70.9 Å². The summed E-state index contributed by atoms with van der Waals surface area (Å²) in [6.07, 6.45) is 5.02. The third-order valence-electron chi connectivity index (χ3n) is 3.66. The van der Waals surface area contributed by atoms with Crippen LogP contribution in [-0.2, 0) is 9.53 Å². The van der Waals surface area contributed by atoms with Gasteiger partial charge < -0.3 is 20.7 Å². The number of ether oxygens (including phenoxy) is 1. The SMILES string of the molecule is CC(C)(C)OC(=O)N1CCCC(NCCCCC(N)=O)CC1. The van der Waals surface area contributed by atoms with Crippen molar-refractivity contribution in [1.29, 1.82) is 0 Å². The number of amides is 2. The molecule has 1 aliphatic heterocycles. The second-order valence-electron chi connectivity index (χ2n) is 6.97. The van der Waals surface area contributed by atoms with Crippen molar-refractivity contribution in [3.8, 4) is 0 Å². The Hall–Kier alpha value is -1.30. The first-order valence-electron chi connectivity index (χ1n) is 8.27. The third-order valence-corrected chi connectivity index (χ3v) is 3.66. The van der Waals surface area contributed by atoms with Gasteiger partial charge in [0.15, 0.2) is 0 Å². The van der Waals surface area contributed by atoms with Crippen molar-refractivity contribution in [3.05, 3.63) is 0 Å². The van der Waals surface area contributed by atoms with E-state index < -0.39 is 5.60 Å². The first-order chi connectivity index (χ1) is 10.3. The lowest BCUT2D eigenvalue weighted by atomic mass is 10.1. The molecule has 6 nitrogen and oxygen atoms in total. The van der Waals surface area contributed by atoms with Crippen LogP contribution < -0.4 is 11.1 Å². The van der Waals surface area contributed by atoms with Gasteiger partial charge in [0, 0.05) is 25.6 Å². The highest BCUT2D eigenvalue weighted by molar-refractivity contribution is 5.73. The molecular formula is C16H31N3O3. The zero-order valence-electron chi connectivity index (χ0n) is 14.2. The van der Waals surface area contributed by atoms with Gasteiger partial charge in [0.05, 0.1) is 0 Å². The minimum Gasteiger partial charge on any atom is -0.444 e. The molecule has 2 amide bonds. The first kappa shape index (κ1) is 18.7. The molecule has 1 rings (SSSR count). The van der Waals surface area contributed by atoms with E-state index in [-0.39, 0.29) is 12.0 Å². The number of nitrogens with zero attached hydrogens (tertiary/aromatic N) is 1. The van der Waals surface area contributed by atoms with Crippen LogP contribution in [0.3, 0.4) is 0 Å². The number of hydrogen-bond donors (Lipinski definition) is 2. The van der Waals surface area contributed by atoms with Crippen molar-refractivity contribution < 1.29 is 14.3 Å². The molecule has 0 spiro atoms. The smallest absolute Gasteiger partial charge is 0.410 e. The van der Waals surface area contributed by atoms with Gasteiger partial charge >= 0.3 is 6.09 Å². The van der Waals surface area contributed by atoms with E-state index in [1.807, 2.05) is 20.8 Å². The Kier molecular flexibility index (Phi) is 7.65. The lowest BCUT2D eigenvalue weighted by molar-refractivity contribution is -0.118. The number of rotatable bonds is 6. The van der Waals surface area contributed by atoms with Crippen LogP contribution in [0.4, 0.5) is 4.79 Å². The number of carbonyl (C=O) groups excluding carboxylic acids is 2. The highest BCUT2D eigenvalue weighted by atomic mass is 16.6. The lowest BCUT2D eigenvalue weighted by Gasteiger charge is -2.26. The molecule has 1 fully saturated rings. The Bertz CT molecular complexity index is 366. The van der Waals surface area contributed by atoms with Gasteiger partial charge in [0.2, 0.25) is 5.91 Å². The summed E-state index contributed by atoms with van der Waals surface area (Å²) in [5.41, 5.74) is 4.67. The van der Waals surface area contributed by atoms with Crippen LogP contribution in [0.1, 0.15) is 59.3 Å². The van der Waals surface area contributed by atoms with Gasteiger partial charge in [-0.1, -0.05) is 0 Å². The Morgan fingerprint density at radius 1 is 1.23 bits per heavy atom. The maximum atomic E-state index is 12.1. The van der Waals surface area contributed by atoms with Gasteiger partial charge in [-0.3, -0.25) is 4.79 Å². The van der Waals surface area contributed by atoms with Crippen molar-refractivity contribution in [2.75, 3.05) is 19.6 Å². The summed E-state index contributed by atoms with van der Waals surface area (Å²) >= 11 is 0. The summed E-state index contributed by atoms with van der Waals surface area (Å²) in [5, 5.41) is 3.51. The molecule has 128 valence electrons. The molecule has 22 heavy (non-hydrogen) atoms. The van der Waals surface area contributed by atoms with Crippen molar-refractivity contribution in [1.82, 2.24) is 10.2 Å². The minimum atomic E-state index is -0.443. The summed E-state index contributed by atoms with van der Waals surface area (Å²) in [6, 6.07) is 0.431. The Morgan fingerprint density at radius 2 is 1.95 bits per heavy atom. The molecule has 0 aromatic heterocycles. The number of hydrogen-bond acceptors (Lipinski definition) is 4. The predicted octanol–water partition coefficient (Wildman–Crippen LogP) is 2.02. The normalized spacial score (nSPS) is 19.6. The summed E-state index contributed by atoms with van der Waals surface area (Å²) in [7, 11) is 0. The van der Waals surface area contributed by atoms with E-state index in [1.165, 1.54) is 0 Å². The van der Waals surface area contributed by atoms with E-state index in [9.17, 15) is 9.59 Å². The second kappa shape index (κ2) is 8.98. The van der Waals surface area contributed by atoms with Crippen LogP contribution in [0.5, 0.6) is 0 Å². The van der Waals surface area contributed by atoms with Crippen molar-refractivity contribution >= 4 is 12.0 Å². The molecule has 0 saturated carbocycles. The predicted molar refractivity (Wildman–Crippen MR) is 86.5 cm³/mol. The maximum Gasteiger partial charge on any atom is 0.410 e. The molecule has 1 unspecified atom stereocenters. The van der Waals surface area contributed by atoms with Crippen molar-refractivity contribution in [3.63, 3.8) is 0 Å². The summed E-state index contributed by atoms with van der Waals surface area (Å²) in [6.45, 7) is 8.05. The van der Waals surface area contributed by atoms with E-state index in [0.29, 0.717) is 12.5 Å². The Balaban J connectivity index is 2.24. The van der Waals surface area contributed by atoms with E-state index in [0.717, 1.165) is 51.7 Å². The second-order valence-corrected chi connectivity index (χ2v) is 6.97. The molecule has 0 aromatic carbocycles. The van der Waals surface area contributed by atoms with Crippen molar-refractivity contribution in [2.24, 2.45) is 5.73 Å². The van der Waals surface area contributed by atoms with Gasteiger partial charge in [-0.05, 0) is 59.4 Å². The number of nitrogens with two attached hydrogens (primary N) is 1. The zero-order valence-corrected chi connectivity index (χ0v) is 14.2. The largest absolute Gasteiger partial charge is 0.444 e. The molecule has 1 atom stereocenters. The number of nitrogens with one attached hydrogen (secondary N) is 1. The zero-order chi connectivity index (χ0) is 16.6. The van der Waals surface area contributed by atoms with Gasteiger partial charge in [-0.25, -0.2) is 4.79 Å². The minimum absolute atomic E-state index is 0.213. The fraction of sp³-hybridized carbons (Fsp3) is 0.875. The van der Waals surface area contributed by atoms with E-state index in [4.69, 9.17) is 10.5 Å². The fourth-order valence-corrected chi connectivity index (χ4v) is 2.54. The standard InChI is InChI=1S/C16H31N3O3/c1-16(2,3)22-15(21)19-11-6-7-13(9-12-19)18-10-5-4-8-14(17)20/h13,18H,4-12H2,1-3H3,(H2,17,20). The van der Waals surface area contributed by atoms with Crippen LogP contribution in [-0.4, -0.2) is 48.2 Å². The fourth-order valence-electron chi connectivity index (χ4n) is 2.54. The summed E-state index contributed by atoms with van der Waals surface area (Å²) in [5.74, 6) is -0.234. The molecule has 6 heteroatoms. The van der Waals surface area contributed by atoms with E-state index in [2.05, 4.69) is 5.32 Å². The number of unbranched alkanes of at least 4 members (excludes halogenated alkanes) is 1. The summed E-state index contributed by atoms with van der Waals surface area (Å²) < 4.78 is 5.43. The van der Waals surface area contributed by atoms with Gasteiger partial charge in [-0.15, -0.1) is 0 Å². The van der Waals surface area contributed by atoms with Crippen LogP contribution in [0.2, 0.25) is 0 Å². The average Bonchev–Trinajstić information content (AvgIpc) is 2.61. The van der Waals surface area contributed by atoms with Gasteiger partial charge in [0.1, 0.15) is 5.60 Å². The molecule has 1 heterocycles. The van der Waals surface area contributed by atoms with Gasteiger partial charge in [-0.2, -0.15) is 0 Å². The Morgan fingerprint density at radius 3 is 2.59 bits per heavy atom. The quantitative estimate of drug-likeness (QED) is 0.735.